The smallest absolute Gasteiger partial charge is 0.270 e. The van der Waals surface area contributed by atoms with Crippen LogP contribution in [-0.2, 0) is 0 Å². The van der Waals surface area contributed by atoms with Gasteiger partial charge in [-0.1, -0.05) is 5.11 Å². The number of carbonyl (C=O) groups is 1. The average Bonchev–Trinajstić information content (AvgIpc) is 1.68. The fraction of sp³-hybridized carbons (Fsp3) is 0.667. The molecule has 0 aliphatic rings. The van der Waals surface area contributed by atoms with Crippen molar-refractivity contribution in [3.05, 3.63) is 0 Å². The van der Waals surface area contributed by atoms with E-state index in [4.69, 9.17) is 0 Å². The van der Waals surface area contributed by atoms with Crippen LogP contribution in [0.1, 0.15) is 0 Å². The van der Waals surface area contributed by atoms with Gasteiger partial charge in [-0.15, -0.1) is 0 Å². The number of azo groups is 1. The zero-order valence-electron chi connectivity index (χ0n) is 4.80. The first-order chi connectivity index (χ1) is 3.81. The Labute approximate surface area is 47.1 Å². The van der Waals surface area contributed by atoms with Crippen LogP contribution in [0.3, 0.4) is 0 Å². The Kier molecular flexibility index (Phi) is 3.69. The second-order valence-electron chi connectivity index (χ2n) is 0.980. The fourth-order valence-corrected chi connectivity index (χ4v) is 0.223. The zero-order chi connectivity index (χ0) is 6.41. The third-order valence-electron chi connectivity index (χ3n) is 0.423. The predicted molar refractivity (Wildman–Crippen MR) is 28.4 cm³/mol. The third kappa shape index (κ3) is 3.23. The van der Waals surface area contributed by atoms with Crippen molar-refractivity contribution in [3.8, 4) is 0 Å². The SMILES string of the molecule is CN=NC(=O)NNC. The molecule has 0 fully saturated rings. The lowest BCUT2D eigenvalue weighted by atomic mass is 11.1. The van der Waals surface area contributed by atoms with Crippen molar-refractivity contribution in [2.24, 2.45) is 10.2 Å². The highest BCUT2D eigenvalue weighted by molar-refractivity contribution is 5.73. The van der Waals surface area contributed by atoms with Crippen LogP contribution in [0.2, 0.25) is 0 Å². The first kappa shape index (κ1) is 7.03. The summed E-state index contributed by atoms with van der Waals surface area (Å²) in [6.45, 7) is 0. The van der Waals surface area contributed by atoms with Gasteiger partial charge in [-0.2, -0.15) is 5.11 Å². The number of nitrogens with one attached hydrogen (secondary N) is 2. The van der Waals surface area contributed by atoms with Gasteiger partial charge >= 0.3 is 6.03 Å². The molecule has 5 heteroatoms. The highest BCUT2D eigenvalue weighted by atomic mass is 16.2. The van der Waals surface area contributed by atoms with Gasteiger partial charge in [-0.3, -0.25) is 5.43 Å². The molecule has 0 bridgehead atoms. The normalized spacial score (nSPS) is 9.75. The summed E-state index contributed by atoms with van der Waals surface area (Å²) in [7, 11) is 3.00. The molecule has 0 aromatic rings. The van der Waals surface area contributed by atoms with E-state index in [0.29, 0.717) is 0 Å². The first-order valence-electron chi connectivity index (χ1n) is 2.07. The van der Waals surface area contributed by atoms with Crippen LogP contribution in [-0.4, -0.2) is 20.1 Å². The average molecular weight is 116 g/mol. The molecule has 0 atom stereocenters. The molecular weight excluding hydrogens is 108 g/mol. The van der Waals surface area contributed by atoms with Crippen molar-refractivity contribution in [2.45, 2.75) is 0 Å². The summed E-state index contributed by atoms with van der Waals surface area (Å²) < 4.78 is 0. The summed E-state index contributed by atoms with van der Waals surface area (Å²) >= 11 is 0. The molecule has 0 aromatic heterocycles. The molecule has 0 unspecified atom stereocenters. The lowest BCUT2D eigenvalue weighted by Crippen LogP contribution is -2.31. The van der Waals surface area contributed by atoms with Gasteiger partial charge in [0.1, 0.15) is 0 Å². The number of urea groups is 1. The summed E-state index contributed by atoms with van der Waals surface area (Å²) in [6.07, 6.45) is 0. The highest BCUT2D eigenvalue weighted by Crippen LogP contribution is 1.69. The van der Waals surface area contributed by atoms with Crippen LogP contribution < -0.4 is 10.9 Å². The van der Waals surface area contributed by atoms with E-state index in [-0.39, 0.29) is 0 Å². The van der Waals surface area contributed by atoms with E-state index in [1.165, 1.54) is 7.05 Å². The van der Waals surface area contributed by atoms with E-state index in [9.17, 15) is 4.79 Å². The van der Waals surface area contributed by atoms with E-state index < -0.39 is 6.03 Å². The van der Waals surface area contributed by atoms with Crippen LogP contribution in [0.15, 0.2) is 10.2 Å². The van der Waals surface area contributed by atoms with E-state index in [2.05, 4.69) is 21.1 Å². The van der Waals surface area contributed by atoms with Gasteiger partial charge in [0.25, 0.3) is 0 Å². The number of nitrogens with zero attached hydrogens (tertiary/aromatic N) is 2. The number of amides is 2. The standard InChI is InChI=1S/C3H8N4O/c1-4-6-3(8)7-5-2/h4H,1-2H3,(H,6,8). The molecule has 0 aliphatic heterocycles. The molecule has 5 nitrogen and oxygen atoms in total. The van der Waals surface area contributed by atoms with Crippen molar-refractivity contribution in [1.29, 1.82) is 0 Å². The summed E-state index contributed by atoms with van der Waals surface area (Å²) in [6, 6.07) is -0.491. The Balaban J connectivity index is 3.33. The van der Waals surface area contributed by atoms with E-state index >= 15 is 0 Å². The molecule has 0 aliphatic carbocycles. The van der Waals surface area contributed by atoms with Gasteiger partial charge in [0.15, 0.2) is 0 Å². The summed E-state index contributed by atoms with van der Waals surface area (Å²) in [5.41, 5.74) is 4.60. The summed E-state index contributed by atoms with van der Waals surface area (Å²) in [4.78, 5) is 10.2. The minimum Gasteiger partial charge on any atom is -0.270 e. The molecule has 2 amide bonds. The van der Waals surface area contributed by atoms with Crippen molar-refractivity contribution < 1.29 is 4.79 Å². The molecule has 0 aromatic carbocycles. The molecular formula is C3H8N4O. The highest BCUT2D eigenvalue weighted by Gasteiger charge is 1.88. The minimum atomic E-state index is -0.491. The van der Waals surface area contributed by atoms with Crippen molar-refractivity contribution in [3.63, 3.8) is 0 Å². The molecule has 0 spiro atoms. The topological polar surface area (TPSA) is 65.8 Å². The number of hydrazine groups is 1. The molecule has 8 heavy (non-hydrogen) atoms. The molecule has 0 heterocycles. The second-order valence-corrected chi connectivity index (χ2v) is 0.980. The fourth-order valence-electron chi connectivity index (χ4n) is 0.223. The maximum absolute atomic E-state index is 10.2. The molecule has 0 rings (SSSR count). The van der Waals surface area contributed by atoms with E-state index in [0.717, 1.165) is 0 Å². The zero-order valence-corrected chi connectivity index (χ0v) is 4.80. The van der Waals surface area contributed by atoms with Crippen LogP contribution in [0.4, 0.5) is 4.79 Å². The first-order valence-corrected chi connectivity index (χ1v) is 2.07. The van der Waals surface area contributed by atoms with Crippen LogP contribution >= 0.6 is 0 Å². The van der Waals surface area contributed by atoms with Gasteiger partial charge in [0, 0.05) is 14.1 Å². The Morgan fingerprint density at radius 1 is 1.62 bits per heavy atom. The molecule has 0 saturated heterocycles. The quantitative estimate of drug-likeness (QED) is 0.371. The van der Waals surface area contributed by atoms with Gasteiger partial charge in [0.05, 0.1) is 0 Å². The maximum Gasteiger partial charge on any atom is 0.373 e. The molecule has 0 saturated carbocycles. The van der Waals surface area contributed by atoms with Gasteiger partial charge in [-0.25, -0.2) is 10.2 Å². The van der Waals surface area contributed by atoms with Gasteiger partial charge in [0.2, 0.25) is 0 Å². The molecule has 0 radical (unpaired) electrons. The van der Waals surface area contributed by atoms with Crippen LogP contribution in [0, 0.1) is 0 Å². The molecule has 2 N–H and O–H groups in total. The number of hydrogen-bond acceptors (Lipinski definition) is 3. The lowest BCUT2D eigenvalue weighted by molar-refractivity contribution is 0.245. The third-order valence-corrected chi connectivity index (χ3v) is 0.423. The van der Waals surface area contributed by atoms with E-state index in [1.807, 2.05) is 0 Å². The summed E-state index contributed by atoms with van der Waals surface area (Å²) in [5, 5.41) is 6.35. The van der Waals surface area contributed by atoms with E-state index in [1.54, 1.807) is 7.05 Å². The van der Waals surface area contributed by atoms with Crippen LogP contribution in [0.5, 0.6) is 0 Å². The Hall–Kier alpha value is -0.970. The monoisotopic (exact) mass is 116 g/mol. The maximum atomic E-state index is 10.2. The Bertz CT molecular complexity index is 99.5. The van der Waals surface area contributed by atoms with Crippen molar-refractivity contribution >= 4 is 6.03 Å². The lowest BCUT2D eigenvalue weighted by Gasteiger charge is -1.91. The largest absolute Gasteiger partial charge is 0.373 e. The van der Waals surface area contributed by atoms with Crippen molar-refractivity contribution in [2.75, 3.05) is 14.1 Å². The minimum absolute atomic E-state index is 0.491. The number of rotatable bonds is 1. The van der Waals surface area contributed by atoms with Gasteiger partial charge in [-0.05, 0) is 0 Å². The Morgan fingerprint density at radius 3 is 2.62 bits per heavy atom. The number of carbonyl (C=O) groups excluding carboxylic acids is 1. The van der Waals surface area contributed by atoms with Gasteiger partial charge < -0.3 is 0 Å². The number of hydrogen-bond donors (Lipinski definition) is 2. The molecule has 46 valence electrons. The Morgan fingerprint density at radius 2 is 2.25 bits per heavy atom. The summed E-state index contributed by atoms with van der Waals surface area (Å²) in [5.74, 6) is 0. The van der Waals surface area contributed by atoms with Crippen molar-refractivity contribution in [1.82, 2.24) is 10.9 Å². The second kappa shape index (κ2) is 4.20. The predicted octanol–water partition coefficient (Wildman–Crippen LogP) is -0.0876. The van der Waals surface area contributed by atoms with Crippen LogP contribution in [0.25, 0.3) is 0 Å².